The summed E-state index contributed by atoms with van der Waals surface area (Å²) in [6, 6.07) is 7.73. The Morgan fingerprint density at radius 2 is 2.03 bits per heavy atom. The van der Waals surface area contributed by atoms with E-state index in [1.54, 1.807) is 19.0 Å². The van der Waals surface area contributed by atoms with E-state index in [4.69, 9.17) is 9.73 Å². The maximum absolute atomic E-state index is 12.2. The molecule has 0 spiro atoms. The van der Waals surface area contributed by atoms with E-state index in [-0.39, 0.29) is 18.0 Å². The zero-order valence-corrected chi connectivity index (χ0v) is 19.7. The van der Waals surface area contributed by atoms with E-state index in [1.807, 2.05) is 52.0 Å². The molecule has 1 aliphatic rings. The van der Waals surface area contributed by atoms with Gasteiger partial charge in [0.2, 0.25) is 0 Å². The van der Waals surface area contributed by atoms with Gasteiger partial charge in [0.05, 0.1) is 6.04 Å². The Morgan fingerprint density at radius 3 is 2.68 bits per heavy atom. The Hall–Kier alpha value is -2.77. The number of ether oxygens (including phenoxy) is 1. The third-order valence-electron chi connectivity index (χ3n) is 4.79. The zero-order chi connectivity index (χ0) is 23.0. The van der Waals surface area contributed by atoms with E-state index >= 15 is 0 Å². The van der Waals surface area contributed by atoms with Gasteiger partial charge in [-0.1, -0.05) is 12.1 Å². The van der Waals surface area contributed by atoms with Gasteiger partial charge in [-0.2, -0.15) is 0 Å². The molecule has 1 aliphatic heterocycles. The summed E-state index contributed by atoms with van der Waals surface area (Å²) < 4.78 is 5.36. The van der Waals surface area contributed by atoms with E-state index in [9.17, 15) is 9.59 Å². The molecule has 0 aliphatic carbocycles. The molecule has 1 unspecified atom stereocenters. The summed E-state index contributed by atoms with van der Waals surface area (Å²) in [7, 11) is 3.51. The van der Waals surface area contributed by atoms with Crippen LogP contribution in [-0.4, -0.2) is 79.7 Å². The second kappa shape index (κ2) is 11.0. The van der Waals surface area contributed by atoms with E-state index in [0.717, 1.165) is 37.5 Å². The Kier molecular flexibility index (Phi) is 8.71. The van der Waals surface area contributed by atoms with Crippen LogP contribution in [0.2, 0.25) is 0 Å². The lowest BCUT2D eigenvalue weighted by Crippen LogP contribution is -2.44. The Bertz CT molecular complexity index is 786. The van der Waals surface area contributed by atoms with Crippen LogP contribution in [0, 0.1) is 0 Å². The lowest BCUT2D eigenvalue weighted by molar-refractivity contribution is 0.0507. The van der Waals surface area contributed by atoms with Crippen LogP contribution in [0.25, 0.3) is 0 Å². The number of likely N-dealkylation sites (tertiary alicyclic amines) is 1. The standard InChI is InChI=1S/C23H37N5O3/c1-7-24-21(28-14-12-19(16-28)26-22(30)31-23(2,3)4)25-13-11-17-9-8-10-18(15-17)20(29)27(5)6/h8-10,15,19H,7,11-14,16H2,1-6H3,(H,24,25)(H,26,30). The number of guanidine groups is 1. The van der Waals surface area contributed by atoms with Gasteiger partial charge in [0.1, 0.15) is 5.60 Å². The fourth-order valence-corrected chi connectivity index (χ4v) is 3.38. The molecule has 2 N–H and O–H groups in total. The summed E-state index contributed by atoms with van der Waals surface area (Å²) in [6.45, 7) is 10.5. The minimum Gasteiger partial charge on any atom is -0.444 e. The minimum atomic E-state index is -0.507. The first-order valence-corrected chi connectivity index (χ1v) is 10.9. The van der Waals surface area contributed by atoms with Crippen molar-refractivity contribution in [1.82, 2.24) is 20.4 Å². The van der Waals surface area contributed by atoms with Crippen LogP contribution < -0.4 is 10.6 Å². The average molecular weight is 432 g/mol. The first kappa shape index (κ1) is 24.5. The van der Waals surface area contributed by atoms with Gasteiger partial charge in [-0.3, -0.25) is 9.79 Å². The molecule has 1 aromatic rings. The maximum atomic E-state index is 12.2. The molecule has 1 fully saturated rings. The molecule has 2 amide bonds. The van der Waals surface area contributed by atoms with Gasteiger partial charge in [0, 0.05) is 45.8 Å². The predicted octanol–water partition coefficient (Wildman–Crippen LogP) is 2.50. The van der Waals surface area contributed by atoms with Crippen molar-refractivity contribution in [3.63, 3.8) is 0 Å². The number of carbonyl (C=O) groups is 2. The summed E-state index contributed by atoms with van der Waals surface area (Å²) in [5.41, 5.74) is 1.26. The molecule has 1 heterocycles. The number of hydrogen-bond acceptors (Lipinski definition) is 4. The Balaban J connectivity index is 1.93. The molecule has 31 heavy (non-hydrogen) atoms. The predicted molar refractivity (Wildman–Crippen MR) is 123 cm³/mol. The first-order valence-electron chi connectivity index (χ1n) is 10.9. The molecule has 0 aromatic heterocycles. The Morgan fingerprint density at radius 1 is 1.29 bits per heavy atom. The minimum absolute atomic E-state index is 0.000661. The molecule has 172 valence electrons. The summed E-state index contributed by atoms with van der Waals surface area (Å²) in [6.07, 6.45) is 1.21. The number of nitrogens with zero attached hydrogens (tertiary/aromatic N) is 3. The van der Waals surface area contributed by atoms with Gasteiger partial charge in [0.25, 0.3) is 5.91 Å². The van der Waals surface area contributed by atoms with Crippen LogP contribution in [0.1, 0.15) is 50.0 Å². The van der Waals surface area contributed by atoms with Crippen LogP contribution in [0.5, 0.6) is 0 Å². The van der Waals surface area contributed by atoms with Crippen molar-refractivity contribution < 1.29 is 14.3 Å². The smallest absolute Gasteiger partial charge is 0.407 e. The van der Waals surface area contributed by atoms with Gasteiger partial charge < -0.3 is 25.2 Å². The molecule has 1 aromatic carbocycles. The number of alkyl carbamates (subject to hydrolysis) is 1. The topological polar surface area (TPSA) is 86.3 Å². The van der Waals surface area contributed by atoms with Crippen LogP contribution in [-0.2, 0) is 11.2 Å². The first-order chi connectivity index (χ1) is 14.6. The third kappa shape index (κ3) is 8.11. The van der Waals surface area contributed by atoms with Gasteiger partial charge in [0.15, 0.2) is 5.96 Å². The lowest BCUT2D eigenvalue weighted by atomic mass is 10.1. The molecule has 0 radical (unpaired) electrons. The number of hydrogen-bond donors (Lipinski definition) is 2. The summed E-state index contributed by atoms with van der Waals surface area (Å²) in [5, 5.41) is 6.29. The lowest BCUT2D eigenvalue weighted by Gasteiger charge is -2.23. The van der Waals surface area contributed by atoms with Crippen LogP contribution >= 0.6 is 0 Å². The highest BCUT2D eigenvalue weighted by Gasteiger charge is 2.27. The second-order valence-corrected chi connectivity index (χ2v) is 8.96. The SMILES string of the molecule is CCNC(=NCCc1cccc(C(=O)N(C)C)c1)N1CCC(NC(=O)OC(C)(C)C)C1. The molecule has 2 rings (SSSR count). The van der Waals surface area contributed by atoms with E-state index < -0.39 is 5.60 Å². The number of benzene rings is 1. The van der Waals surface area contributed by atoms with Crippen molar-refractivity contribution in [3.8, 4) is 0 Å². The summed E-state index contributed by atoms with van der Waals surface area (Å²) >= 11 is 0. The highest BCUT2D eigenvalue weighted by Crippen LogP contribution is 2.13. The van der Waals surface area contributed by atoms with Crippen molar-refractivity contribution in [2.24, 2.45) is 4.99 Å². The fourth-order valence-electron chi connectivity index (χ4n) is 3.38. The Labute approximate surface area is 186 Å². The maximum Gasteiger partial charge on any atom is 0.407 e. The van der Waals surface area contributed by atoms with Crippen LogP contribution in [0.4, 0.5) is 4.79 Å². The molecule has 0 bridgehead atoms. The van der Waals surface area contributed by atoms with E-state index in [1.165, 1.54) is 0 Å². The van der Waals surface area contributed by atoms with Crippen molar-refractivity contribution >= 4 is 18.0 Å². The van der Waals surface area contributed by atoms with Gasteiger partial charge >= 0.3 is 6.09 Å². The highest BCUT2D eigenvalue weighted by molar-refractivity contribution is 5.94. The number of aliphatic imine (C=N–C) groups is 1. The van der Waals surface area contributed by atoms with Crippen molar-refractivity contribution in [2.75, 3.05) is 40.3 Å². The molecule has 8 nitrogen and oxygen atoms in total. The number of nitrogens with one attached hydrogen (secondary N) is 2. The number of rotatable bonds is 6. The second-order valence-electron chi connectivity index (χ2n) is 8.96. The molecule has 1 atom stereocenters. The molecule has 0 saturated carbocycles. The number of carbonyl (C=O) groups excluding carboxylic acids is 2. The fraction of sp³-hybridized carbons (Fsp3) is 0.609. The van der Waals surface area contributed by atoms with E-state index in [2.05, 4.69) is 15.5 Å². The van der Waals surface area contributed by atoms with Gasteiger partial charge in [-0.05, 0) is 58.2 Å². The van der Waals surface area contributed by atoms with Gasteiger partial charge in [-0.25, -0.2) is 4.79 Å². The van der Waals surface area contributed by atoms with Crippen molar-refractivity contribution in [2.45, 2.75) is 52.2 Å². The summed E-state index contributed by atoms with van der Waals surface area (Å²) in [4.78, 5) is 32.7. The van der Waals surface area contributed by atoms with Crippen molar-refractivity contribution in [3.05, 3.63) is 35.4 Å². The van der Waals surface area contributed by atoms with Crippen molar-refractivity contribution in [1.29, 1.82) is 0 Å². The molecule has 1 saturated heterocycles. The van der Waals surface area contributed by atoms with Crippen LogP contribution in [0.15, 0.2) is 29.3 Å². The average Bonchev–Trinajstić information content (AvgIpc) is 3.13. The number of amides is 2. The van der Waals surface area contributed by atoms with Gasteiger partial charge in [-0.15, -0.1) is 0 Å². The third-order valence-corrected chi connectivity index (χ3v) is 4.79. The normalized spacial score (nSPS) is 16.8. The quantitative estimate of drug-likeness (QED) is 0.534. The molecular formula is C23H37N5O3. The largest absolute Gasteiger partial charge is 0.444 e. The zero-order valence-electron chi connectivity index (χ0n) is 19.7. The molecule has 8 heteroatoms. The van der Waals surface area contributed by atoms with Crippen LogP contribution in [0.3, 0.4) is 0 Å². The molecular weight excluding hydrogens is 394 g/mol. The summed E-state index contributed by atoms with van der Waals surface area (Å²) in [5.74, 6) is 0.843. The highest BCUT2D eigenvalue weighted by atomic mass is 16.6. The monoisotopic (exact) mass is 431 g/mol. The van der Waals surface area contributed by atoms with E-state index in [0.29, 0.717) is 18.7 Å².